The lowest BCUT2D eigenvalue weighted by molar-refractivity contribution is -0.147. The molecule has 0 aromatic heterocycles. The van der Waals surface area contributed by atoms with Gasteiger partial charge in [0, 0.05) is 24.2 Å². The van der Waals surface area contributed by atoms with Gasteiger partial charge in [0.25, 0.3) is 0 Å². The summed E-state index contributed by atoms with van der Waals surface area (Å²) in [6.07, 6.45) is 0.0228. The highest BCUT2D eigenvalue weighted by molar-refractivity contribution is 6.01. The predicted molar refractivity (Wildman–Crippen MR) is 128 cm³/mol. The molecular formula is C27H25NO7. The standard InChI is InChI=1S/C27H25NO7/c1-32-21-11-7-18(8-12-21)23(29)17-34-27(31)19-15-26(30)28(16-19)20-9-13-22(14-10-20)35-25-6-4-3-5-24(25)33-2/h3-14,19H,15-17H2,1-2H3/t19-/m0/s1. The topological polar surface area (TPSA) is 91.4 Å². The van der Waals surface area contributed by atoms with Crippen molar-refractivity contribution in [3.8, 4) is 23.0 Å². The Labute approximate surface area is 203 Å². The van der Waals surface area contributed by atoms with E-state index < -0.39 is 11.9 Å². The first-order valence-corrected chi connectivity index (χ1v) is 11.0. The summed E-state index contributed by atoms with van der Waals surface area (Å²) in [6.45, 7) is -0.202. The van der Waals surface area contributed by atoms with Gasteiger partial charge in [0.1, 0.15) is 11.5 Å². The van der Waals surface area contributed by atoms with Crippen molar-refractivity contribution in [2.24, 2.45) is 5.92 Å². The maximum Gasteiger partial charge on any atom is 0.311 e. The Bertz CT molecular complexity index is 1200. The third-order valence-corrected chi connectivity index (χ3v) is 5.66. The lowest BCUT2D eigenvalue weighted by Crippen LogP contribution is -2.27. The van der Waals surface area contributed by atoms with Crippen molar-refractivity contribution in [1.29, 1.82) is 0 Å². The fourth-order valence-electron chi connectivity index (χ4n) is 3.75. The van der Waals surface area contributed by atoms with E-state index in [1.54, 1.807) is 67.8 Å². The van der Waals surface area contributed by atoms with Gasteiger partial charge in [0.05, 0.1) is 20.1 Å². The number of nitrogens with zero attached hydrogens (tertiary/aromatic N) is 1. The molecule has 0 spiro atoms. The van der Waals surface area contributed by atoms with Crippen LogP contribution in [0.5, 0.6) is 23.0 Å². The number of benzene rings is 3. The minimum Gasteiger partial charge on any atom is -0.497 e. The van der Waals surface area contributed by atoms with E-state index in [9.17, 15) is 14.4 Å². The van der Waals surface area contributed by atoms with E-state index in [0.717, 1.165) is 0 Å². The highest BCUT2D eigenvalue weighted by Gasteiger charge is 2.36. The van der Waals surface area contributed by atoms with Gasteiger partial charge in [-0.25, -0.2) is 0 Å². The lowest BCUT2D eigenvalue weighted by Gasteiger charge is -2.17. The molecule has 3 aromatic carbocycles. The molecule has 1 fully saturated rings. The Morgan fingerprint density at radius 2 is 1.51 bits per heavy atom. The molecule has 0 unspecified atom stereocenters. The number of carbonyl (C=O) groups excluding carboxylic acids is 3. The van der Waals surface area contributed by atoms with Crippen LogP contribution in [0.2, 0.25) is 0 Å². The number of ketones is 1. The van der Waals surface area contributed by atoms with Crippen LogP contribution in [0.25, 0.3) is 0 Å². The summed E-state index contributed by atoms with van der Waals surface area (Å²) in [7, 11) is 3.11. The average molecular weight is 475 g/mol. The summed E-state index contributed by atoms with van der Waals surface area (Å²) in [5, 5.41) is 0. The molecule has 1 saturated heterocycles. The number of Topliss-reactive ketones (excluding diaryl/α,β-unsaturated/α-hetero) is 1. The molecule has 0 N–H and O–H groups in total. The highest BCUT2D eigenvalue weighted by Crippen LogP contribution is 2.33. The van der Waals surface area contributed by atoms with E-state index in [1.807, 2.05) is 12.1 Å². The van der Waals surface area contributed by atoms with Gasteiger partial charge < -0.3 is 23.8 Å². The molecule has 8 heteroatoms. The maximum absolute atomic E-state index is 12.6. The van der Waals surface area contributed by atoms with Crippen LogP contribution in [0.3, 0.4) is 0 Å². The second-order valence-corrected chi connectivity index (χ2v) is 7.91. The monoisotopic (exact) mass is 475 g/mol. The zero-order chi connectivity index (χ0) is 24.8. The quantitative estimate of drug-likeness (QED) is 0.337. The van der Waals surface area contributed by atoms with E-state index in [2.05, 4.69) is 0 Å². The van der Waals surface area contributed by atoms with Gasteiger partial charge in [-0.15, -0.1) is 0 Å². The van der Waals surface area contributed by atoms with Gasteiger partial charge in [-0.3, -0.25) is 14.4 Å². The summed E-state index contributed by atoms with van der Waals surface area (Å²) >= 11 is 0. The number of ether oxygens (including phenoxy) is 4. The van der Waals surface area contributed by atoms with Gasteiger partial charge in [-0.1, -0.05) is 12.1 Å². The number of esters is 1. The van der Waals surface area contributed by atoms with Crippen LogP contribution < -0.4 is 19.1 Å². The van der Waals surface area contributed by atoms with Gasteiger partial charge in [0.2, 0.25) is 5.91 Å². The molecule has 4 rings (SSSR count). The minimum absolute atomic E-state index is 0.0228. The third kappa shape index (κ3) is 5.60. The Morgan fingerprint density at radius 1 is 0.857 bits per heavy atom. The molecule has 0 bridgehead atoms. The number of hydrogen-bond acceptors (Lipinski definition) is 7. The fraction of sp³-hybridized carbons (Fsp3) is 0.222. The molecule has 0 radical (unpaired) electrons. The van der Waals surface area contributed by atoms with Crippen molar-refractivity contribution in [1.82, 2.24) is 0 Å². The molecule has 1 aliphatic rings. The van der Waals surface area contributed by atoms with Crippen LogP contribution >= 0.6 is 0 Å². The first kappa shape index (κ1) is 23.8. The second-order valence-electron chi connectivity index (χ2n) is 7.91. The van der Waals surface area contributed by atoms with Crippen molar-refractivity contribution in [2.75, 3.05) is 32.3 Å². The predicted octanol–water partition coefficient (Wildman–Crippen LogP) is 4.28. The van der Waals surface area contributed by atoms with Crippen LogP contribution in [0.4, 0.5) is 5.69 Å². The number of para-hydroxylation sites is 2. The van der Waals surface area contributed by atoms with E-state index in [1.165, 1.54) is 12.0 Å². The molecule has 1 amide bonds. The summed E-state index contributed by atoms with van der Waals surface area (Å²) in [5.41, 5.74) is 1.06. The molecule has 1 heterocycles. The SMILES string of the molecule is COc1ccc(C(=O)COC(=O)[C@H]2CC(=O)N(c3ccc(Oc4ccccc4OC)cc3)C2)cc1. The fourth-order valence-corrected chi connectivity index (χ4v) is 3.75. The molecule has 1 atom stereocenters. The Hall–Kier alpha value is -4.33. The number of anilines is 1. The Balaban J connectivity index is 1.33. The molecule has 3 aromatic rings. The van der Waals surface area contributed by atoms with Crippen molar-refractivity contribution >= 4 is 23.3 Å². The summed E-state index contributed by atoms with van der Waals surface area (Å²) < 4.78 is 21.4. The zero-order valence-corrected chi connectivity index (χ0v) is 19.4. The number of carbonyl (C=O) groups is 3. The normalized spacial score (nSPS) is 15.0. The molecule has 35 heavy (non-hydrogen) atoms. The van der Waals surface area contributed by atoms with Crippen LogP contribution in [0, 0.1) is 5.92 Å². The van der Waals surface area contributed by atoms with Crippen molar-refractivity contribution in [2.45, 2.75) is 6.42 Å². The average Bonchev–Trinajstić information content (AvgIpc) is 3.29. The molecule has 180 valence electrons. The highest BCUT2D eigenvalue weighted by atomic mass is 16.5. The lowest BCUT2D eigenvalue weighted by atomic mass is 10.1. The number of hydrogen-bond donors (Lipinski definition) is 0. The largest absolute Gasteiger partial charge is 0.497 e. The first-order chi connectivity index (χ1) is 17.0. The molecule has 0 saturated carbocycles. The maximum atomic E-state index is 12.6. The van der Waals surface area contributed by atoms with Gasteiger partial charge >= 0.3 is 5.97 Å². The van der Waals surface area contributed by atoms with Crippen molar-refractivity contribution in [3.63, 3.8) is 0 Å². The molecule has 1 aliphatic heterocycles. The van der Waals surface area contributed by atoms with Gasteiger partial charge in [-0.2, -0.15) is 0 Å². The van der Waals surface area contributed by atoms with E-state index >= 15 is 0 Å². The van der Waals surface area contributed by atoms with E-state index in [4.69, 9.17) is 18.9 Å². The van der Waals surface area contributed by atoms with Crippen LogP contribution in [-0.4, -0.2) is 45.0 Å². The molecular weight excluding hydrogens is 450 g/mol. The third-order valence-electron chi connectivity index (χ3n) is 5.66. The minimum atomic E-state index is -0.643. The molecule has 8 nitrogen and oxygen atoms in total. The summed E-state index contributed by atoms with van der Waals surface area (Å²) in [6, 6.07) is 20.8. The Kier molecular flexibility index (Phi) is 7.30. The van der Waals surface area contributed by atoms with Crippen molar-refractivity contribution in [3.05, 3.63) is 78.4 Å². The van der Waals surface area contributed by atoms with Crippen LogP contribution in [-0.2, 0) is 14.3 Å². The number of methoxy groups -OCH3 is 2. The Morgan fingerprint density at radius 3 is 2.17 bits per heavy atom. The van der Waals surface area contributed by atoms with E-state index in [-0.39, 0.29) is 31.3 Å². The summed E-state index contributed by atoms with van der Waals surface area (Å²) in [5.74, 6) is 0.666. The first-order valence-electron chi connectivity index (χ1n) is 11.0. The van der Waals surface area contributed by atoms with Gasteiger partial charge in [-0.05, 0) is 60.7 Å². The van der Waals surface area contributed by atoms with Crippen molar-refractivity contribution < 1.29 is 33.3 Å². The van der Waals surface area contributed by atoms with Crippen LogP contribution in [0.1, 0.15) is 16.8 Å². The van der Waals surface area contributed by atoms with Crippen LogP contribution in [0.15, 0.2) is 72.8 Å². The van der Waals surface area contributed by atoms with Gasteiger partial charge in [0.15, 0.2) is 23.9 Å². The van der Waals surface area contributed by atoms with E-state index in [0.29, 0.717) is 34.2 Å². The second kappa shape index (κ2) is 10.7. The molecule has 0 aliphatic carbocycles. The summed E-state index contributed by atoms with van der Waals surface area (Å²) in [4.78, 5) is 38.9. The zero-order valence-electron chi connectivity index (χ0n) is 19.4. The number of amides is 1. The number of rotatable bonds is 9. The smallest absolute Gasteiger partial charge is 0.311 e.